The molecule has 0 aliphatic rings. The predicted octanol–water partition coefficient (Wildman–Crippen LogP) is 3.98. The van der Waals surface area contributed by atoms with Crippen molar-refractivity contribution in [3.8, 4) is 5.75 Å². The molecule has 4 nitrogen and oxygen atoms in total. The number of carbonyl (C=O) groups excluding carboxylic acids is 1. The normalized spacial score (nSPS) is 11.8. The van der Waals surface area contributed by atoms with Crippen LogP contribution in [0.2, 0.25) is 5.02 Å². The van der Waals surface area contributed by atoms with Crippen LogP contribution in [0.25, 0.3) is 0 Å². The second-order valence-corrected chi connectivity index (χ2v) is 6.26. The van der Waals surface area contributed by atoms with Crippen LogP contribution >= 0.6 is 11.6 Å². The molecule has 0 saturated carbocycles. The number of rotatable bonds is 7. The minimum absolute atomic E-state index is 0.0604. The smallest absolute Gasteiger partial charge is 0.262 e. The van der Waals surface area contributed by atoms with Gasteiger partial charge in [-0.15, -0.1) is 0 Å². The molecule has 1 atom stereocenters. The Morgan fingerprint density at radius 2 is 1.96 bits per heavy atom. The van der Waals surface area contributed by atoms with Crippen molar-refractivity contribution in [3.63, 3.8) is 0 Å². The van der Waals surface area contributed by atoms with E-state index >= 15 is 0 Å². The molecule has 24 heavy (non-hydrogen) atoms. The van der Waals surface area contributed by atoms with Crippen LogP contribution in [-0.4, -0.2) is 23.7 Å². The highest BCUT2D eigenvalue weighted by molar-refractivity contribution is 6.30. The van der Waals surface area contributed by atoms with E-state index in [-0.39, 0.29) is 18.6 Å². The summed E-state index contributed by atoms with van der Waals surface area (Å²) in [5.74, 6) is 0.414. The summed E-state index contributed by atoms with van der Waals surface area (Å²) in [5, 5.41) is 12.7. The van der Waals surface area contributed by atoms with Crippen molar-refractivity contribution in [1.82, 2.24) is 0 Å². The zero-order valence-corrected chi connectivity index (χ0v) is 14.6. The second-order valence-electron chi connectivity index (χ2n) is 5.83. The Bertz CT molecular complexity index is 684. The number of anilines is 1. The van der Waals surface area contributed by atoms with Gasteiger partial charge in [0, 0.05) is 10.7 Å². The van der Waals surface area contributed by atoms with Crippen molar-refractivity contribution in [2.24, 2.45) is 0 Å². The molecule has 2 aromatic carbocycles. The first-order valence-corrected chi connectivity index (χ1v) is 8.27. The molecule has 0 spiro atoms. The highest BCUT2D eigenvalue weighted by atomic mass is 35.5. The van der Waals surface area contributed by atoms with Gasteiger partial charge in [-0.2, -0.15) is 0 Å². The van der Waals surface area contributed by atoms with Crippen LogP contribution in [0.5, 0.6) is 5.75 Å². The van der Waals surface area contributed by atoms with Crippen LogP contribution in [-0.2, 0) is 11.2 Å². The minimum atomic E-state index is -0.305. The quantitative estimate of drug-likeness (QED) is 0.796. The van der Waals surface area contributed by atoms with Gasteiger partial charge in [0.1, 0.15) is 5.75 Å². The van der Waals surface area contributed by atoms with Crippen LogP contribution in [0.4, 0.5) is 5.69 Å². The summed E-state index contributed by atoms with van der Waals surface area (Å²) >= 11 is 5.90. The van der Waals surface area contributed by atoms with Crippen molar-refractivity contribution < 1.29 is 14.6 Å². The summed E-state index contributed by atoms with van der Waals surface area (Å²) in [7, 11) is 0. The number of nitrogens with one attached hydrogen (secondary N) is 1. The third-order valence-electron chi connectivity index (χ3n) is 3.61. The number of carbonyl (C=O) groups is 1. The van der Waals surface area contributed by atoms with Gasteiger partial charge in [-0.1, -0.05) is 23.7 Å². The topological polar surface area (TPSA) is 58.6 Å². The van der Waals surface area contributed by atoms with E-state index in [0.717, 1.165) is 29.7 Å². The molecule has 0 bridgehead atoms. The van der Waals surface area contributed by atoms with Gasteiger partial charge in [0.05, 0.1) is 6.10 Å². The Labute approximate surface area is 147 Å². The lowest BCUT2D eigenvalue weighted by molar-refractivity contribution is -0.118. The van der Waals surface area contributed by atoms with Gasteiger partial charge >= 0.3 is 0 Å². The number of hydrogen-bond donors (Lipinski definition) is 2. The summed E-state index contributed by atoms with van der Waals surface area (Å²) in [4.78, 5) is 12.0. The van der Waals surface area contributed by atoms with Crippen LogP contribution in [0.15, 0.2) is 42.5 Å². The molecule has 0 aliphatic carbocycles. The molecule has 128 valence electrons. The third kappa shape index (κ3) is 5.87. The monoisotopic (exact) mass is 347 g/mol. The molecule has 0 saturated heterocycles. The molecule has 0 heterocycles. The van der Waals surface area contributed by atoms with Crippen molar-refractivity contribution >= 4 is 23.2 Å². The first-order valence-electron chi connectivity index (χ1n) is 7.90. The molecule has 5 heteroatoms. The Morgan fingerprint density at radius 1 is 1.25 bits per heavy atom. The lowest BCUT2D eigenvalue weighted by atomic mass is 10.1. The average Bonchev–Trinajstić information content (AvgIpc) is 2.54. The van der Waals surface area contributed by atoms with Crippen molar-refractivity contribution in [2.45, 2.75) is 32.8 Å². The predicted molar refractivity (Wildman–Crippen MR) is 96.8 cm³/mol. The van der Waals surface area contributed by atoms with Crippen LogP contribution in [0.1, 0.15) is 24.5 Å². The highest BCUT2D eigenvalue weighted by Gasteiger charge is 2.06. The van der Waals surface area contributed by atoms with Crippen LogP contribution in [0.3, 0.4) is 0 Å². The van der Waals surface area contributed by atoms with E-state index in [9.17, 15) is 9.90 Å². The molecule has 0 aliphatic heterocycles. The minimum Gasteiger partial charge on any atom is -0.484 e. The molecule has 1 amide bonds. The van der Waals surface area contributed by atoms with E-state index in [0.29, 0.717) is 10.8 Å². The van der Waals surface area contributed by atoms with Crippen molar-refractivity contribution in [3.05, 3.63) is 58.6 Å². The third-order valence-corrected chi connectivity index (χ3v) is 3.84. The largest absolute Gasteiger partial charge is 0.484 e. The number of hydrogen-bond acceptors (Lipinski definition) is 3. The molecule has 1 unspecified atom stereocenters. The van der Waals surface area contributed by atoms with Crippen molar-refractivity contribution in [1.29, 1.82) is 0 Å². The Kier molecular flexibility index (Phi) is 6.64. The maximum Gasteiger partial charge on any atom is 0.262 e. The summed E-state index contributed by atoms with van der Waals surface area (Å²) in [6.45, 7) is 3.60. The molecule has 0 aromatic heterocycles. The maximum absolute atomic E-state index is 12.0. The maximum atomic E-state index is 12.0. The Hall–Kier alpha value is -2.04. The molecular weight excluding hydrogens is 326 g/mol. The number of benzene rings is 2. The summed E-state index contributed by atoms with van der Waals surface area (Å²) in [5.41, 5.74) is 2.75. The van der Waals surface area contributed by atoms with E-state index in [1.807, 2.05) is 31.2 Å². The molecular formula is C19H22ClNO3. The van der Waals surface area contributed by atoms with Crippen LogP contribution < -0.4 is 10.1 Å². The van der Waals surface area contributed by atoms with E-state index in [1.165, 1.54) is 0 Å². The molecule has 0 fully saturated rings. The highest BCUT2D eigenvalue weighted by Crippen LogP contribution is 2.19. The number of aliphatic hydroxyl groups is 1. The van der Waals surface area contributed by atoms with Gasteiger partial charge in [0.2, 0.25) is 0 Å². The lowest BCUT2D eigenvalue weighted by Crippen LogP contribution is -2.20. The lowest BCUT2D eigenvalue weighted by Gasteiger charge is -2.10. The summed E-state index contributed by atoms with van der Waals surface area (Å²) < 4.78 is 5.50. The Balaban J connectivity index is 1.83. The number of ether oxygens (including phenoxy) is 1. The standard InChI is InChI=1S/C19H22ClNO3/c1-13-11-16(20)7-10-18(13)21-19(23)12-24-17-8-5-15(6-9-17)4-3-14(2)22/h5-11,14,22H,3-4,12H2,1-2H3,(H,21,23). The molecule has 2 aromatic rings. The molecule has 0 radical (unpaired) electrons. The molecule has 2 rings (SSSR count). The molecule has 2 N–H and O–H groups in total. The SMILES string of the molecule is Cc1cc(Cl)ccc1NC(=O)COc1ccc(CCC(C)O)cc1. The van der Waals surface area contributed by atoms with Gasteiger partial charge in [-0.05, 0) is 68.1 Å². The first-order chi connectivity index (χ1) is 11.4. The van der Waals surface area contributed by atoms with Crippen molar-refractivity contribution in [2.75, 3.05) is 11.9 Å². The van der Waals surface area contributed by atoms with E-state index < -0.39 is 0 Å². The summed E-state index contributed by atoms with van der Waals surface area (Å²) in [6.07, 6.45) is 1.23. The van der Waals surface area contributed by atoms with Gasteiger partial charge in [-0.25, -0.2) is 0 Å². The first kappa shape index (κ1) is 18.3. The fourth-order valence-electron chi connectivity index (χ4n) is 2.23. The van der Waals surface area contributed by atoms with Gasteiger partial charge in [0.15, 0.2) is 6.61 Å². The van der Waals surface area contributed by atoms with Gasteiger partial charge in [0.25, 0.3) is 5.91 Å². The fourth-order valence-corrected chi connectivity index (χ4v) is 2.46. The number of aryl methyl sites for hydroxylation is 2. The Morgan fingerprint density at radius 3 is 2.58 bits per heavy atom. The van der Waals surface area contributed by atoms with E-state index in [1.54, 1.807) is 25.1 Å². The number of aliphatic hydroxyl groups excluding tert-OH is 1. The van der Waals surface area contributed by atoms with Gasteiger partial charge in [-0.3, -0.25) is 4.79 Å². The van der Waals surface area contributed by atoms with E-state index in [4.69, 9.17) is 16.3 Å². The zero-order valence-electron chi connectivity index (χ0n) is 13.9. The fraction of sp³-hybridized carbons (Fsp3) is 0.316. The number of halogens is 1. The average molecular weight is 348 g/mol. The van der Waals surface area contributed by atoms with Gasteiger partial charge < -0.3 is 15.2 Å². The van der Waals surface area contributed by atoms with Crippen LogP contribution in [0, 0.1) is 6.92 Å². The second kappa shape index (κ2) is 8.71. The van der Waals surface area contributed by atoms with E-state index in [2.05, 4.69) is 5.32 Å². The zero-order chi connectivity index (χ0) is 17.5. The summed E-state index contributed by atoms with van der Waals surface area (Å²) in [6, 6.07) is 12.8. The number of amides is 1.